The summed E-state index contributed by atoms with van der Waals surface area (Å²) in [5.41, 5.74) is 0. The molecule has 0 aromatic rings. The predicted octanol–water partition coefficient (Wildman–Crippen LogP) is 2.06. The topological polar surface area (TPSA) is 60.0 Å². The molecule has 2 fully saturated rings. The fraction of sp³-hybridized carbons (Fsp3) is 0.900. The van der Waals surface area contributed by atoms with Gasteiger partial charge in [-0.3, -0.25) is 9.79 Å². The van der Waals surface area contributed by atoms with Crippen LogP contribution in [0.4, 0.5) is 0 Å². The summed E-state index contributed by atoms with van der Waals surface area (Å²) in [4.78, 5) is 21.6. The van der Waals surface area contributed by atoms with Crippen molar-refractivity contribution in [2.45, 2.75) is 65.3 Å². The van der Waals surface area contributed by atoms with Gasteiger partial charge in [-0.25, -0.2) is 0 Å². The number of piperidine rings is 2. The molecule has 0 spiro atoms. The molecule has 2 heterocycles. The summed E-state index contributed by atoms with van der Waals surface area (Å²) >= 11 is 0. The van der Waals surface area contributed by atoms with Gasteiger partial charge in [-0.1, -0.05) is 13.8 Å². The number of carbonyl (C=O) groups is 1. The van der Waals surface area contributed by atoms with Gasteiger partial charge >= 0.3 is 0 Å². The molecule has 2 rings (SSSR count). The third kappa shape index (κ3) is 7.14. The maximum atomic E-state index is 12.4. The molecule has 1 unspecified atom stereocenters. The highest BCUT2D eigenvalue weighted by Crippen LogP contribution is 2.16. The van der Waals surface area contributed by atoms with Crippen LogP contribution in [0.1, 0.15) is 59.3 Å². The first kappa shape index (κ1) is 21.0. The van der Waals surface area contributed by atoms with Crippen molar-refractivity contribution in [2.75, 3.05) is 45.8 Å². The molecular weight excluding hydrogens is 326 g/mol. The summed E-state index contributed by atoms with van der Waals surface area (Å²) in [7, 11) is 0. The van der Waals surface area contributed by atoms with Crippen molar-refractivity contribution in [1.29, 1.82) is 0 Å². The maximum Gasteiger partial charge on any atom is 0.224 e. The minimum atomic E-state index is 0.254. The van der Waals surface area contributed by atoms with E-state index in [1.807, 2.05) is 4.90 Å². The van der Waals surface area contributed by atoms with Gasteiger partial charge in [0.1, 0.15) is 0 Å². The summed E-state index contributed by atoms with van der Waals surface area (Å²) < 4.78 is 0. The molecule has 0 aromatic heterocycles. The second-order valence-corrected chi connectivity index (χ2v) is 7.86. The first-order valence-electron chi connectivity index (χ1n) is 10.7. The molecule has 6 nitrogen and oxygen atoms in total. The molecule has 0 radical (unpaired) electrons. The lowest BCUT2D eigenvalue weighted by atomic mass is 10.00. The third-order valence-corrected chi connectivity index (χ3v) is 5.42. The van der Waals surface area contributed by atoms with Gasteiger partial charge in [-0.2, -0.15) is 0 Å². The van der Waals surface area contributed by atoms with Crippen LogP contribution in [0.3, 0.4) is 0 Å². The van der Waals surface area contributed by atoms with Gasteiger partial charge in [0.15, 0.2) is 5.96 Å². The lowest BCUT2D eigenvalue weighted by Gasteiger charge is -2.33. The second kappa shape index (κ2) is 11.4. The summed E-state index contributed by atoms with van der Waals surface area (Å²) in [6.07, 6.45) is 6.44. The van der Waals surface area contributed by atoms with E-state index in [0.717, 1.165) is 57.9 Å². The Kier molecular flexibility index (Phi) is 9.23. The van der Waals surface area contributed by atoms with E-state index in [0.29, 0.717) is 24.9 Å². The van der Waals surface area contributed by atoms with Gasteiger partial charge in [-0.15, -0.1) is 0 Å². The number of amides is 1. The summed E-state index contributed by atoms with van der Waals surface area (Å²) in [6, 6.07) is 0.486. The molecule has 0 saturated carbocycles. The Morgan fingerprint density at radius 3 is 2.58 bits per heavy atom. The fourth-order valence-corrected chi connectivity index (χ4v) is 3.97. The average Bonchev–Trinajstić information content (AvgIpc) is 2.63. The smallest absolute Gasteiger partial charge is 0.224 e. The van der Waals surface area contributed by atoms with E-state index in [2.05, 4.69) is 41.3 Å². The molecule has 0 bridgehead atoms. The molecule has 2 aliphatic heterocycles. The first-order chi connectivity index (χ1) is 12.6. The highest BCUT2D eigenvalue weighted by Gasteiger charge is 2.21. The largest absolute Gasteiger partial charge is 0.357 e. The van der Waals surface area contributed by atoms with Crippen LogP contribution in [-0.2, 0) is 4.79 Å². The number of hydrogen-bond acceptors (Lipinski definition) is 3. The predicted molar refractivity (Wildman–Crippen MR) is 108 cm³/mol. The molecule has 1 atom stereocenters. The number of nitrogens with zero attached hydrogens (tertiary/aromatic N) is 3. The van der Waals surface area contributed by atoms with Gasteiger partial charge < -0.3 is 20.4 Å². The van der Waals surface area contributed by atoms with Gasteiger partial charge in [0.25, 0.3) is 0 Å². The summed E-state index contributed by atoms with van der Waals surface area (Å²) in [5, 5.41) is 6.89. The maximum absolute atomic E-state index is 12.4. The highest BCUT2D eigenvalue weighted by atomic mass is 16.2. The number of aliphatic imine (C=N–C) groups is 1. The van der Waals surface area contributed by atoms with Crippen molar-refractivity contribution in [2.24, 2.45) is 10.9 Å². The molecule has 2 N–H and O–H groups in total. The van der Waals surface area contributed by atoms with E-state index in [4.69, 9.17) is 0 Å². The Bertz CT molecular complexity index is 445. The van der Waals surface area contributed by atoms with Crippen LogP contribution in [0.5, 0.6) is 0 Å². The Balaban J connectivity index is 1.74. The van der Waals surface area contributed by atoms with Crippen molar-refractivity contribution in [3.63, 3.8) is 0 Å². The minimum absolute atomic E-state index is 0.254. The SMILES string of the molecule is CCCN1CCC(NC(=NCCC(=O)N2CCCC(C)C2)NCC)CC1. The van der Waals surface area contributed by atoms with Gasteiger partial charge in [0.05, 0.1) is 6.54 Å². The molecular formula is C20H39N5O. The van der Waals surface area contributed by atoms with Crippen molar-refractivity contribution < 1.29 is 4.79 Å². The Labute approximate surface area is 159 Å². The van der Waals surface area contributed by atoms with Gasteiger partial charge in [0, 0.05) is 45.2 Å². The van der Waals surface area contributed by atoms with Crippen LogP contribution in [0.25, 0.3) is 0 Å². The van der Waals surface area contributed by atoms with Crippen LogP contribution in [0.15, 0.2) is 4.99 Å². The standard InChI is InChI=1S/C20H39N5O/c1-4-12-24-14-9-18(10-15-24)23-20(21-5-2)22-11-8-19(26)25-13-6-7-17(3)16-25/h17-18H,4-16H2,1-3H3,(H2,21,22,23). The monoisotopic (exact) mass is 365 g/mol. The van der Waals surface area contributed by atoms with Crippen molar-refractivity contribution in [3.05, 3.63) is 0 Å². The van der Waals surface area contributed by atoms with Crippen molar-refractivity contribution in [1.82, 2.24) is 20.4 Å². The lowest BCUT2D eigenvalue weighted by Crippen LogP contribution is -2.48. The zero-order valence-corrected chi connectivity index (χ0v) is 17.1. The van der Waals surface area contributed by atoms with Crippen LogP contribution in [0, 0.1) is 5.92 Å². The van der Waals surface area contributed by atoms with Gasteiger partial charge in [0.2, 0.25) is 5.91 Å². The molecule has 150 valence electrons. The second-order valence-electron chi connectivity index (χ2n) is 7.86. The summed E-state index contributed by atoms with van der Waals surface area (Å²) in [6.45, 7) is 13.3. The number of hydrogen-bond donors (Lipinski definition) is 2. The first-order valence-corrected chi connectivity index (χ1v) is 10.7. The van der Waals surface area contributed by atoms with Crippen molar-refractivity contribution >= 4 is 11.9 Å². The van der Waals surface area contributed by atoms with Crippen LogP contribution in [0.2, 0.25) is 0 Å². The highest BCUT2D eigenvalue weighted by molar-refractivity contribution is 5.81. The molecule has 2 aliphatic rings. The fourth-order valence-electron chi connectivity index (χ4n) is 3.97. The minimum Gasteiger partial charge on any atom is -0.357 e. The Hall–Kier alpha value is -1.30. The van der Waals surface area contributed by atoms with E-state index in [9.17, 15) is 4.79 Å². The molecule has 6 heteroatoms. The summed E-state index contributed by atoms with van der Waals surface area (Å²) in [5.74, 6) is 1.75. The van der Waals surface area contributed by atoms with Crippen LogP contribution < -0.4 is 10.6 Å². The third-order valence-electron chi connectivity index (χ3n) is 5.42. The average molecular weight is 366 g/mol. The normalized spacial score (nSPS) is 23.1. The van der Waals surface area contributed by atoms with Crippen LogP contribution >= 0.6 is 0 Å². The number of likely N-dealkylation sites (tertiary alicyclic amines) is 2. The number of rotatable bonds is 7. The number of carbonyl (C=O) groups excluding carboxylic acids is 1. The van der Waals surface area contributed by atoms with E-state index in [1.54, 1.807) is 0 Å². The zero-order chi connectivity index (χ0) is 18.8. The van der Waals surface area contributed by atoms with E-state index in [1.165, 1.54) is 19.4 Å². The quantitative estimate of drug-likeness (QED) is 0.536. The molecule has 0 aliphatic carbocycles. The molecule has 1 amide bonds. The molecule has 26 heavy (non-hydrogen) atoms. The lowest BCUT2D eigenvalue weighted by molar-refractivity contribution is -0.132. The van der Waals surface area contributed by atoms with Crippen molar-refractivity contribution in [3.8, 4) is 0 Å². The number of guanidine groups is 1. The van der Waals surface area contributed by atoms with E-state index >= 15 is 0 Å². The number of nitrogens with one attached hydrogen (secondary N) is 2. The van der Waals surface area contributed by atoms with E-state index < -0.39 is 0 Å². The Morgan fingerprint density at radius 2 is 1.92 bits per heavy atom. The molecule has 0 aromatic carbocycles. The van der Waals surface area contributed by atoms with Gasteiger partial charge in [-0.05, 0) is 51.5 Å². The van der Waals surface area contributed by atoms with Crippen LogP contribution in [-0.4, -0.2) is 73.5 Å². The molecule has 2 saturated heterocycles. The Morgan fingerprint density at radius 1 is 1.15 bits per heavy atom. The zero-order valence-electron chi connectivity index (χ0n) is 17.1. The van der Waals surface area contributed by atoms with E-state index in [-0.39, 0.29) is 5.91 Å².